The van der Waals surface area contributed by atoms with Crippen LogP contribution in [0.1, 0.15) is 33.1 Å². The molecule has 0 radical (unpaired) electrons. The van der Waals surface area contributed by atoms with Crippen molar-refractivity contribution in [1.29, 1.82) is 11.7 Å². The average Bonchev–Trinajstić information content (AvgIpc) is 3.84. The number of rotatable bonds is 3. The number of H-pyrrole nitrogens is 2. The lowest BCUT2D eigenvalue weighted by Crippen LogP contribution is -2.69. The number of aromatic amines is 2. The fraction of sp³-hybridized carbons (Fsp3) is 0.533. The highest BCUT2D eigenvalue weighted by Gasteiger charge is 2.56. The van der Waals surface area contributed by atoms with Gasteiger partial charge in [0.1, 0.15) is 48.7 Å². The first kappa shape index (κ1) is 28.6. The minimum absolute atomic E-state index is 0.0377. The predicted molar refractivity (Wildman–Crippen MR) is 172 cm³/mol. The van der Waals surface area contributed by atoms with Crippen LogP contribution < -0.4 is 15.1 Å². The van der Waals surface area contributed by atoms with Gasteiger partial charge < -0.3 is 30.0 Å². The topological polar surface area (TPSA) is 170 Å². The Hall–Kier alpha value is -4.14. The first-order valence-electron chi connectivity index (χ1n) is 15.5. The van der Waals surface area contributed by atoms with Gasteiger partial charge in [0.15, 0.2) is 8.32 Å². The summed E-state index contributed by atoms with van der Waals surface area (Å²) < 4.78 is 6.31. The van der Waals surface area contributed by atoms with Crippen molar-refractivity contribution < 1.29 is 4.79 Å². The lowest BCUT2D eigenvalue weighted by Gasteiger charge is -2.55. The van der Waals surface area contributed by atoms with E-state index in [0.29, 0.717) is 11.5 Å². The van der Waals surface area contributed by atoms with Crippen molar-refractivity contribution in [3.63, 3.8) is 0 Å². The van der Waals surface area contributed by atoms with Gasteiger partial charge >= 0.3 is 1.28 Å². The van der Waals surface area contributed by atoms with E-state index in [2.05, 4.69) is 64.9 Å². The monoisotopic (exact) mass is 616 g/mol. The zero-order chi connectivity index (χ0) is 31.8. The molecule has 2 spiro atoms. The van der Waals surface area contributed by atoms with E-state index in [9.17, 15) is 4.79 Å². The summed E-state index contributed by atoms with van der Waals surface area (Å²) in [5.74, 6) is 3.14. The molecule has 0 aromatic carbocycles. The maximum atomic E-state index is 12.2. The van der Waals surface area contributed by atoms with Crippen molar-refractivity contribution >= 4 is 47.9 Å². The molecule has 4 aromatic rings. The third kappa shape index (κ3) is 5.06. The van der Waals surface area contributed by atoms with Crippen LogP contribution in [0.25, 0.3) is 22.1 Å². The standard InChI is InChI=1S/C16H18N6O.C13H17N5.CH4NP/c1-11-8-22(13(23)2-5-17)16(11)4-7-21(9-16)15-12-3-6-18-14(12)19-10-20-15;1-9-6-17-13(9)3-5-18(7-13)12-10-2-4-14-11(10)15-8-16-12;1-3-2/h3,6,10-11H,2,4,7-9H2,1H3,(H,18,19,20);2,4,8-9,17H,3,5-7H2,1H3,(H,14,15,16);2H,1H3/p+1/t11-,16-;9-,13-;/m00./s1/i/hD. The fourth-order valence-corrected chi connectivity index (χ4v) is 7.29. The summed E-state index contributed by atoms with van der Waals surface area (Å²) in [5.41, 5.74) is 1.93. The van der Waals surface area contributed by atoms with Crippen LogP contribution in [0.5, 0.6) is 0 Å². The zero-order valence-electron chi connectivity index (χ0n) is 26.4. The normalized spacial score (nSPS) is 27.6. The summed E-state index contributed by atoms with van der Waals surface area (Å²) in [6, 6.07) is 6.02. The van der Waals surface area contributed by atoms with Crippen LogP contribution in [-0.2, 0) is 4.79 Å². The largest absolute Gasteiger partial charge is 0.363 e. The van der Waals surface area contributed by atoms with Crippen LogP contribution in [0.3, 0.4) is 0 Å². The minimum Gasteiger partial charge on any atom is -0.354 e. The molecule has 0 saturated carbocycles. The smallest absolute Gasteiger partial charge is 0.354 e. The van der Waals surface area contributed by atoms with E-state index in [1.165, 1.54) is 6.42 Å². The number of hydrogen-bond acceptors (Lipinski definition) is 10. The molecular formula is C30H40N12OP+. The summed E-state index contributed by atoms with van der Waals surface area (Å²) in [6.45, 7) is 11.8. The number of carbonyl (C=O) groups excluding carboxylic acids is 1. The summed E-state index contributed by atoms with van der Waals surface area (Å²) >= 11 is 0. The molecule has 5 atom stereocenters. The van der Waals surface area contributed by atoms with Crippen LogP contribution >= 0.6 is 8.32 Å². The first-order valence-corrected chi connectivity index (χ1v) is 16.4. The van der Waals surface area contributed by atoms with Gasteiger partial charge in [-0.15, -0.1) is 5.16 Å². The van der Waals surface area contributed by atoms with E-state index in [0.717, 1.165) is 85.3 Å². The van der Waals surface area contributed by atoms with Gasteiger partial charge in [0, 0.05) is 57.2 Å². The van der Waals surface area contributed by atoms with Gasteiger partial charge in [0.05, 0.1) is 22.4 Å². The number of hydrogen-bond donors (Lipinski definition) is 4. The first-order chi connectivity index (χ1) is 21.7. The maximum absolute atomic E-state index is 12.2. The molecule has 44 heavy (non-hydrogen) atoms. The molecular weight excluding hydrogens is 575 g/mol. The molecule has 4 fully saturated rings. The number of fused-ring (bicyclic) bond motifs is 2. The number of nitriles is 1. The fourth-order valence-electron chi connectivity index (χ4n) is 7.29. The third-order valence-corrected chi connectivity index (χ3v) is 9.99. The number of nitrogens with zero attached hydrogens (tertiary/aromatic N) is 8. The van der Waals surface area contributed by atoms with E-state index in [4.69, 9.17) is 11.7 Å². The molecule has 4 aliphatic rings. The molecule has 1 unspecified atom stereocenters. The Morgan fingerprint density at radius 2 is 1.64 bits per heavy atom. The van der Waals surface area contributed by atoms with Crippen molar-refractivity contribution in [2.24, 2.45) is 11.8 Å². The molecule has 1 amide bonds. The van der Waals surface area contributed by atoms with Crippen molar-refractivity contribution in [3.05, 3.63) is 37.2 Å². The molecule has 4 N–H and O–H groups in total. The highest BCUT2D eigenvalue weighted by molar-refractivity contribution is 7.23. The SMILES string of the molecule is C[C@H]1CN(C(=O)CC#N)[C@]12CCN(c1ncnc3[nH]ccc13)C2.C[C@H]1CN[C@]12CCN(c1ncnc3[nH]ccc13)C2.[2H][P+](C)=N. The molecule has 13 nitrogen and oxygen atoms in total. The van der Waals surface area contributed by atoms with E-state index in [1.807, 2.05) is 29.4 Å². The Labute approximate surface area is 259 Å². The van der Waals surface area contributed by atoms with E-state index >= 15 is 0 Å². The second-order valence-electron chi connectivity index (χ2n) is 12.2. The predicted octanol–water partition coefficient (Wildman–Crippen LogP) is 3.50. The summed E-state index contributed by atoms with van der Waals surface area (Å²) in [5, 5.41) is 20.9. The minimum atomic E-state index is -1.12. The average molecular weight is 617 g/mol. The van der Waals surface area contributed by atoms with E-state index in [-0.39, 0.29) is 17.9 Å². The van der Waals surface area contributed by atoms with E-state index < -0.39 is 8.32 Å². The number of likely N-dealkylation sites (tertiary alicyclic amines) is 1. The molecule has 230 valence electrons. The molecule has 4 saturated heterocycles. The van der Waals surface area contributed by atoms with Crippen molar-refractivity contribution in [3.8, 4) is 6.07 Å². The molecule has 0 aliphatic carbocycles. The number of amides is 1. The van der Waals surface area contributed by atoms with Gasteiger partial charge in [-0.25, -0.2) is 19.9 Å². The van der Waals surface area contributed by atoms with Crippen LogP contribution in [0.2, 0.25) is 0 Å². The van der Waals surface area contributed by atoms with Gasteiger partial charge in [0.2, 0.25) is 5.91 Å². The highest BCUT2D eigenvalue weighted by atomic mass is 31.1. The number of anilines is 2. The molecule has 8 rings (SSSR count). The van der Waals surface area contributed by atoms with Crippen LogP contribution in [-0.4, -0.2) is 99.0 Å². The van der Waals surface area contributed by atoms with E-state index in [1.54, 1.807) is 19.3 Å². The lowest BCUT2D eigenvalue weighted by atomic mass is 9.74. The van der Waals surface area contributed by atoms with Gasteiger partial charge in [-0.1, -0.05) is 13.8 Å². The number of nitrogens with one attached hydrogen (secondary N) is 4. The molecule has 0 bridgehead atoms. The third-order valence-electron chi connectivity index (χ3n) is 9.99. The van der Waals surface area contributed by atoms with Crippen molar-refractivity contribution in [1.82, 2.24) is 40.1 Å². The Bertz CT molecular complexity index is 1750. The van der Waals surface area contributed by atoms with Gasteiger partial charge in [-0.05, 0) is 36.8 Å². The van der Waals surface area contributed by atoms with Gasteiger partial charge in [0.25, 0.3) is 0 Å². The number of carbonyl (C=O) groups is 1. The molecule has 4 aromatic heterocycles. The Morgan fingerprint density at radius 3 is 2.14 bits per heavy atom. The second kappa shape index (κ2) is 12.1. The van der Waals surface area contributed by atoms with Crippen LogP contribution in [0.15, 0.2) is 37.2 Å². The lowest BCUT2D eigenvalue weighted by molar-refractivity contribution is -0.152. The van der Waals surface area contributed by atoms with Crippen molar-refractivity contribution in [2.45, 2.75) is 44.2 Å². The van der Waals surface area contributed by atoms with Gasteiger partial charge in [-0.2, -0.15) is 5.26 Å². The summed E-state index contributed by atoms with van der Waals surface area (Å²) in [7, 11) is -1.12. The van der Waals surface area contributed by atoms with Gasteiger partial charge in [-0.3, -0.25) is 4.79 Å². The summed E-state index contributed by atoms with van der Waals surface area (Å²) in [6.07, 6.45) is 9.11. The zero-order valence-corrected chi connectivity index (χ0v) is 26.3. The molecule has 8 heterocycles. The van der Waals surface area contributed by atoms with Crippen LogP contribution in [0, 0.1) is 28.3 Å². The quantitative estimate of drug-likeness (QED) is 0.252. The Kier molecular flexibility index (Phi) is 7.87. The highest BCUT2D eigenvalue weighted by Crippen LogP contribution is 2.45. The Morgan fingerprint density at radius 1 is 1.05 bits per heavy atom. The molecule has 14 heteroatoms. The Balaban J connectivity index is 0.000000145. The second-order valence-corrected chi connectivity index (χ2v) is 12.7. The van der Waals surface area contributed by atoms with Crippen molar-refractivity contribution in [2.75, 3.05) is 55.7 Å². The molecule has 4 aliphatic heterocycles. The van der Waals surface area contributed by atoms with Crippen LogP contribution in [0.4, 0.5) is 11.6 Å². The number of aromatic nitrogens is 6. The maximum Gasteiger partial charge on any atom is 0.363 e. The summed E-state index contributed by atoms with van der Waals surface area (Å²) in [4.78, 5) is 42.4.